The Balaban J connectivity index is 1.19. The number of nitrogens with one attached hydrogen (secondary N) is 1. The van der Waals surface area contributed by atoms with Crippen molar-refractivity contribution >= 4 is 16.8 Å². The fourth-order valence-electron chi connectivity index (χ4n) is 4.18. The van der Waals surface area contributed by atoms with Gasteiger partial charge in [-0.25, -0.2) is 0 Å². The molecule has 0 radical (unpaired) electrons. The molecule has 5 nitrogen and oxygen atoms in total. The van der Waals surface area contributed by atoms with Crippen LogP contribution in [0.2, 0.25) is 0 Å². The summed E-state index contributed by atoms with van der Waals surface area (Å²) in [5, 5.41) is 1.28. The quantitative estimate of drug-likeness (QED) is 0.867. The van der Waals surface area contributed by atoms with E-state index >= 15 is 0 Å². The number of fused-ring (bicyclic) bond motifs is 1. The lowest BCUT2D eigenvalue weighted by atomic mass is 10.1. The largest absolute Gasteiger partial charge is 0.377 e. The van der Waals surface area contributed by atoms with Crippen LogP contribution >= 0.6 is 0 Å². The fourth-order valence-corrected chi connectivity index (χ4v) is 4.18. The molecule has 0 aliphatic carbocycles. The number of hydrogen-bond acceptors (Lipinski definition) is 3. The molecule has 26 heavy (non-hydrogen) atoms. The van der Waals surface area contributed by atoms with Crippen LogP contribution in [0.1, 0.15) is 31.2 Å². The van der Waals surface area contributed by atoms with Gasteiger partial charge in [-0.3, -0.25) is 9.69 Å². The molecule has 2 saturated heterocycles. The van der Waals surface area contributed by atoms with E-state index in [4.69, 9.17) is 4.74 Å². The summed E-state index contributed by atoms with van der Waals surface area (Å²) in [6.45, 7) is 5.63. The molecule has 2 aromatic rings. The van der Waals surface area contributed by atoms with Crippen molar-refractivity contribution in [1.29, 1.82) is 0 Å². The number of amides is 1. The van der Waals surface area contributed by atoms with E-state index < -0.39 is 0 Å². The van der Waals surface area contributed by atoms with Gasteiger partial charge in [-0.15, -0.1) is 0 Å². The average Bonchev–Trinajstić information content (AvgIpc) is 3.32. The normalized spacial score (nSPS) is 21.5. The van der Waals surface area contributed by atoms with Crippen molar-refractivity contribution in [2.45, 2.75) is 38.2 Å². The van der Waals surface area contributed by atoms with Crippen LogP contribution in [-0.2, 0) is 16.0 Å². The van der Waals surface area contributed by atoms with E-state index in [1.165, 1.54) is 29.3 Å². The molecule has 0 spiro atoms. The van der Waals surface area contributed by atoms with Gasteiger partial charge in [0.25, 0.3) is 0 Å². The molecule has 1 N–H and O–H groups in total. The van der Waals surface area contributed by atoms with Gasteiger partial charge in [0.15, 0.2) is 0 Å². The first-order valence-electron chi connectivity index (χ1n) is 9.96. The van der Waals surface area contributed by atoms with E-state index in [1.807, 2.05) is 11.0 Å². The summed E-state index contributed by atoms with van der Waals surface area (Å²) in [4.78, 5) is 20.3. The van der Waals surface area contributed by atoms with Crippen molar-refractivity contribution in [2.75, 3.05) is 39.3 Å². The molecule has 2 aliphatic rings. The minimum absolute atomic E-state index is 0.307. The first-order valence-corrected chi connectivity index (χ1v) is 9.96. The molecular formula is C21H29N3O2. The van der Waals surface area contributed by atoms with Crippen molar-refractivity contribution in [3.8, 4) is 0 Å². The summed E-state index contributed by atoms with van der Waals surface area (Å²) >= 11 is 0. The highest BCUT2D eigenvalue weighted by Crippen LogP contribution is 2.20. The van der Waals surface area contributed by atoms with E-state index in [1.54, 1.807) is 0 Å². The highest BCUT2D eigenvalue weighted by atomic mass is 16.5. The van der Waals surface area contributed by atoms with Gasteiger partial charge >= 0.3 is 0 Å². The zero-order valence-electron chi connectivity index (χ0n) is 15.5. The number of rotatable bonds is 6. The summed E-state index contributed by atoms with van der Waals surface area (Å²) in [6, 6.07) is 8.36. The Bertz CT molecular complexity index is 728. The Kier molecular flexibility index (Phi) is 5.56. The van der Waals surface area contributed by atoms with Gasteiger partial charge in [-0.2, -0.15) is 0 Å². The Morgan fingerprint density at radius 1 is 1.19 bits per heavy atom. The number of carbonyl (C=O) groups is 1. The van der Waals surface area contributed by atoms with Crippen LogP contribution < -0.4 is 0 Å². The standard InChI is InChI=1S/C21H29N3O2/c25-21(9-3-5-17-15-22-20-8-2-1-7-19(17)20)24-12-10-23(11-13-24)16-18-6-4-14-26-18/h1-2,7-8,15,18,22H,3-6,9-14,16H2/t18-/m1/s1. The van der Waals surface area contributed by atoms with Gasteiger partial charge in [-0.05, 0) is 37.3 Å². The van der Waals surface area contributed by atoms with Crippen molar-refractivity contribution in [2.24, 2.45) is 0 Å². The van der Waals surface area contributed by atoms with Crippen LogP contribution in [0.4, 0.5) is 0 Å². The number of nitrogens with zero attached hydrogens (tertiary/aromatic N) is 2. The number of aryl methyl sites for hydroxylation is 1. The zero-order chi connectivity index (χ0) is 17.8. The van der Waals surface area contributed by atoms with Gasteiger partial charge in [0.05, 0.1) is 6.10 Å². The Morgan fingerprint density at radius 2 is 2.04 bits per heavy atom. The third-order valence-corrected chi connectivity index (χ3v) is 5.72. The highest BCUT2D eigenvalue weighted by molar-refractivity contribution is 5.83. The molecule has 1 amide bonds. The summed E-state index contributed by atoms with van der Waals surface area (Å²) in [6.07, 6.45) is 7.39. The number of benzene rings is 1. The summed E-state index contributed by atoms with van der Waals surface area (Å²) < 4.78 is 5.72. The maximum absolute atomic E-state index is 12.5. The van der Waals surface area contributed by atoms with Crippen molar-refractivity contribution in [3.63, 3.8) is 0 Å². The molecule has 0 unspecified atom stereocenters. The van der Waals surface area contributed by atoms with Gasteiger partial charge in [0.2, 0.25) is 5.91 Å². The van der Waals surface area contributed by atoms with Gasteiger partial charge in [-0.1, -0.05) is 18.2 Å². The van der Waals surface area contributed by atoms with Crippen LogP contribution in [0.3, 0.4) is 0 Å². The predicted octanol–water partition coefficient (Wildman–Crippen LogP) is 2.81. The second-order valence-corrected chi connectivity index (χ2v) is 7.53. The maximum Gasteiger partial charge on any atom is 0.222 e. The third kappa shape index (κ3) is 4.10. The summed E-state index contributed by atoms with van der Waals surface area (Å²) in [7, 11) is 0. The Morgan fingerprint density at radius 3 is 2.85 bits per heavy atom. The number of piperazine rings is 1. The number of hydrogen-bond donors (Lipinski definition) is 1. The lowest BCUT2D eigenvalue weighted by molar-refractivity contribution is -0.133. The highest BCUT2D eigenvalue weighted by Gasteiger charge is 2.24. The smallest absolute Gasteiger partial charge is 0.222 e. The molecule has 0 saturated carbocycles. The molecular weight excluding hydrogens is 326 g/mol. The molecule has 140 valence electrons. The molecule has 3 heterocycles. The molecule has 5 heteroatoms. The van der Waals surface area contributed by atoms with Crippen LogP contribution in [0.5, 0.6) is 0 Å². The lowest BCUT2D eigenvalue weighted by Gasteiger charge is -2.35. The Labute approximate surface area is 155 Å². The second kappa shape index (κ2) is 8.23. The zero-order valence-corrected chi connectivity index (χ0v) is 15.5. The molecule has 1 aromatic heterocycles. The van der Waals surface area contributed by atoms with E-state index in [9.17, 15) is 4.79 Å². The predicted molar refractivity (Wildman–Crippen MR) is 103 cm³/mol. The summed E-state index contributed by atoms with van der Waals surface area (Å²) in [5.41, 5.74) is 2.49. The monoisotopic (exact) mass is 355 g/mol. The van der Waals surface area contributed by atoms with Crippen molar-refractivity contribution in [3.05, 3.63) is 36.0 Å². The van der Waals surface area contributed by atoms with E-state index in [0.29, 0.717) is 18.4 Å². The number of carbonyl (C=O) groups excluding carboxylic acids is 1. The van der Waals surface area contributed by atoms with Crippen LogP contribution in [0, 0.1) is 0 Å². The maximum atomic E-state index is 12.5. The van der Waals surface area contributed by atoms with Gasteiger partial charge in [0, 0.05) is 62.9 Å². The molecule has 2 fully saturated rings. The number of ether oxygens (including phenoxy) is 1. The fraction of sp³-hybridized carbons (Fsp3) is 0.571. The molecule has 2 aliphatic heterocycles. The number of H-pyrrole nitrogens is 1. The Hall–Kier alpha value is -1.85. The topological polar surface area (TPSA) is 48.6 Å². The van der Waals surface area contributed by atoms with Crippen LogP contribution in [0.15, 0.2) is 30.5 Å². The average molecular weight is 355 g/mol. The van der Waals surface area contributed by atoms with E-state index in [-0.39, 0.29) is 0 Å². The second-order valence-electron chi connectivity index (χ2n) is 7.53. The molecule has 1 aromatic carbocycles. The SMILES string of the molecule is O=C(CCCc1c[nH]c2ccccc12)N1CCN(C[C@H]2CCCO2)CC1. The molecule has 4 rings (SSSR count). The minimum atomic E-state index is 0.307. The van der Waals surface area contributed by atoms with Gasteiger partial charge in [0.1, 0.15) is 0 Å². The van der Waals surface area contributed by atoms with Crippen molar-refractivity contribution in [1.82, 2.24) is 14.8 Å². The van der Waals surface area contributed by atoms with Crippen molar-refractivity contribution < 1.29 is 9.53 Å². The minimum Gasteiger partial charge on any atom is -0.377 e. The van der Waals surface area contributed by atoms with Crippen LogP contribution in [0.25, 0.3) is 10.9 Å². The van der Waals surface area contributed by atoms with E-state index in [2.05, 4.69) is 34.3 Å². The lowest BCUT2D eigenvalue weighted by Crippen LogP contribution is -2.50. The molecule has 1 atom stereocenters. The molecule has 0 bridgehead atoms. The number of aromatic amines is 1. The first kappa shape index (κ1) is 17.6. The number of aromatic nitrogens is 1. The van der Waals surface area contributed by atoms with Gasteiger partial charge < -0.3 is 14.6 Å². The van der Waals surface area contributed by atoms with Crippen LogP contribution in [-0.4, -0.2) is 66.1 Å². The summed E-state index contributed by atoms with van der Waals surface area (Å²) in [5.74, 6) is 0.307. The van der Waals surface area contributed by atoms with E-state index in [0.717, 1.165) is 52.2 Å². The number of para-hydroxylation sites is 1. The third-order valence-electron chi connectivity index (χ3n) is 5.72. The first-order chi connectivity index (χ1) is 12.8.